The summed E-state index contributed by atoms with van der Waals surface area (Å²) in [5, 5.41) is 0.756. The number of hydrogen-bond acceptors (Lipinski definition) is 3. The minimum absolute atomic E-state index is 0.0388. The molecule has 2 unspecified atom stereocenters. The molecule has 0 amide bonds. The molecule has 1 aromatic carbocycles. The third-order valence-electron chi connectivity index (χ3n) is 3.58. The zero-order valence-corrected chi connectivity index (χ0v) is 12.8. The van der Waals surface area contributed by atoms with E-state index in [1.807, 2.05) is 43.5 Å². The van der Waals surface area contributed by atoms with Crippen molar-refractivity contribution in [2.24, 2.45) is 5.73 Å². The molecule has 20 heavy (non-hydrogen) atoms. The molecule has 0 saturated heterocycles. The van der Waals surface area contributed by atoms with Crippen LogP contribution in [0.5, 0.6) is 0 Å². The summed E-state index contributed by atoms with van der Waals surface area (Å²) < 4.78 is 0. The molecule has 2 rings (SSSR count). The second-order valence-corrected chi connectivity index (χ2v) is 5.50. The third kappa shape index (κ3) is 3.30. The van der Waals surface area contributed by atoms with E-state index in [4.69, 9.17) is 17.3 Å². The van der Waals surface area contributed by atoms with Crippen molar-refractivity contribution in [1.82, 2.24) is 4.98 Å². The Bertz CT molecular complexity index is 549. The largest absolute Gasteiger partial charge is 0.367 e. The second kappa shape index (κ2) is 6.25. The van der Waals surface area contributed by atoms with Gasteiger partial charge in [0.15, 0.2) is 0 Å². The van der Waals surface area contributed by atoms with Crippen LogP contribution in [0.15, 0.2) is 42.6 Å². The first-order chi connectivity index (χ1) is 9.49. The molecule has 2 N–H and O–H groups in total. The van der Waals surface area contributed by atoms with Crippen molar-refractivity contribution in [1.29, 1.82) is 0 Å². The van der Waals surface area contributed by atoms with E-state index in [1.165, 1.54) is 5.56 Å². The highest BCUT2D eigenvalue weighted by atomic mass is 35.5. The average Bonchev–Trinajstić information content (AvgIpc) is 2.46. The Morgan fingerprint density at radius 3 is 2.25 bits per heavy atom. The SMILES string of the molecule is CC(N)c1ccc(N(C)C(C)c2ccc(Cl)cc2)cn1. The Morgan fingerprint density at radius 2 is 1.75 bits per heavy atom. The van der Waals surface area contributed by atoms with Crippen molar-refractivity contribution in [3.05, 3.63) is 58.9 Å². The Hall–Kier alpha value is -1.58. The molecule has 4 heteroatoms. The fraction of sp³-hybridized carbons (Fsp3) is 0.312. The van der Waals surface area contributed by atoms with E-state index in [2.05, 4.69) is 29.9 Å². The summed E-state index contributed by atoms with van der Waals surface area (Å²) in [6.07, 6.45) is 1.87. The quantitative estimate of drug-likeness (QED) is 0.926. The highest BCUT2D eigenvalue weighted by molar-refractivity contribution is 6.30. The van der Waals surface area contributed by atoms with E-state index < -0.39 is 0 Å². The van der Waals surface area contributed by atoms with Crippen LogP contribution in [0, 0.1) is 0 Å². The van der Waals surface area contributed by atoms with Crippen molar-refractivity contribution in [2.75, 3.05) is 11.9 Å². The van der Waals surface area contributed by atoms with Crippen LogP contribution in [-0.2, 0) is 0 Å². The molecule has 1 aromatic heterocycles. The standard InChI is InChI=1S/C16H20ClN3/c1-11(18)16-9-8-15(10-19-16)20(3)12(2)13-4-6-14(17)7-5-13/h4-12H,18H2,1-3H3. The summed E-state index contributed by atoms with van der Waals surface area (Å²) in [5.41, 5.74) is 9.00. The summed E-state index contributed by atoms with van der Waals surface area (Å²) in [6, 6.07) is 12.2. The molecule has 1 heterocycles. The van der Waals surface area contributed by atoms with E-state index in [1.54, 1.807) is 0 Å². The molecule has 0 fully saturated rings. The van der Waals surface area contributed by atoms with Crippen molar-refractivity contribution < 1.29 is 0 Å². The van der Waals surface area contributed by atoms with E-state index in [-0.39, 0.29) is 12.1 Å². The van der Waals surface area contributed by atoms with E-state index >= 15 is 0 Å². The topological polar surface area (TPSA) is 42.1 Å². The lowest BCUT2D eigenvalue weighted by molar-refractivity contribution is 0.732. The molecule has 0 aliphatic heterocycles. The van der Waals surface area contributed by atoms with Gasteiger partial charge in [-0.05, 0) is 43.7 Å². The first kappa shape index (κ1) is 14.8. The van der Waals surface area contributed by atoms with Gasteiger partial charge in [0.05, 0.1) is 23.6 Å². The molecule has 0 bridgehead atoms. The number of pyridine rings is 1. The number of aromatic nitrogens is 1. The molecule has 2 aromatic rings. The summed E-state index contributed by atoms with van der Waals surface area (Å²) in [4.78, 5) is 6.58. The van der Waals surface area contributed by atoms with Crippen LogP contribution in [0.2, 0.25) is 5.02 Å². The number of hydrogen-bond donors (Lipinski definition) is 1. The molecule has 0 spiro atoms. The van der Waals surface area contributed by atoms with Gasteiger partial charge in [0.1, 0.15) is 0 Å². The van der Waals surface area contributed by atoms with Crippen LogP contribution < -0.4 is 10.6 Å². The Kier molecular flexibility index (Phi) is 4.63. The fourth-order valence-electron chi connectivity index (χ4n) is 2.06. The van der Waals surface area contributed by atoms with Crippen LogP contribution in [0.25, 0.3) is 0 Å². The van der Waals surface area contributed by atoms with E-state index in [0.717, 1.165) is 16.4 Å². The maximum absolute atomic E-state index is 5.92. The minimum Gasteiger partial charge on any atom is -0.367 e. The minimum atomic E-state index is -0.0388. The van der Waals surface area contributed by atoms with Crippen LogP contribution in [0.1, 0.15) is 37.2 Å². The first-order valence-corrected chi connectivity index (χ1v) is 7.06. The predicted molar refractivity (Wildman–Crippen MR) is 85.1 cm³/mol. The molecule has 2 atom stereocenters. The summed E-state index contributed by atoms with van der Waals surface area (Å²) in [6.45, 7) is 4.09. The number of benzene rings is 1. The van der Waals surface area contributed by atoms with Gasteiger partial charge in [-0.15, -0.1) is 0 Å². The van der Waals surface area contributed by atoms with Crippen LogP contribution in [-0.4, -0.2) is 12.0 Å². The third-order valence-corrected chi connectivity index (χ3v) is 3.83. The second-order valence-electron chi connectivity index (χ2n) is 5.07. The Morgan fingerprint density at radius 1 is 1.10 bits per heavy atom. The van der Waals surface area contributed by atoms with E-state index in [9.17, 15) is 0 Å². The number of nitrogens with two attached hydrogens (primary N) is 1. The molecule has 0 radical (unpaired) electrons. The van der Waals surface area contributed by atoms with Gasteiger partial charge in [0, 0.05) is 18.1 Å². The lowest BCUT2D eigenvalue weighted by Crippen LogP contribution is -2.22. The molecule has 3 nitrogen and oxygen atoms in total. The molecular formula is C16H20ClN3. The molecule has 0 saturated carbocycles. The van der Waals surface area contributed by atoms with Gasteiger partial charge in [-0.1, -0.05) is 23.7 Å². The number of rotatable bonds is 4. The van der Waals surface area contributed by atoms with Gasteiger partial charge >= 0.3 is 0 Å². The summed E-state index contributed by atoms with van der Waals surface area (Å²) in [7, 11) is 2.06. The highest BCUT2D eigenvalue weighted by Crippen LogP contribution is 2.26. The van der Waals surface area contributed by atoms with Gasteiger partial charge in [-0.3, -0.25) is 4.98 Å². The van der Waals surface area contributed by atoms with Crippen molar-refractivity contribution in [3.8, 4) is 0 Å². The van der Waals surface area contributed by atoms with Gasteiger partial charge in [0.2, 0.25) is 0 Å². The smallest absolute Gasteiger partial charge is 0.0569 e. The van der Waals surface area contributed by atoms with Crippen molar-refractivity contribution in [3.63, 3.8) is 0 Å². The van der Waals surface area contributed by atoms with Gasteiger partial charge in [-0.25, -0.2) is 0 Å². The molecule has 106 valence electrons. The Balaban J connectivity index is 2.17. The lowest BCUT2D eigenvalue weighted by Gasteiger charge is -2.27. The van der Waals surface area contributed by atoms with Crippen molar-refractivity contribution >= 4 is 17.3 Å². The first-order valence-electron chi connectivity index (χ1n) is 6.69. The highest BCUT2D eigenvalue weighted by Gasteiger charge is 2.13. The number of nitrogens with zero attached hydrogens (tertiary/aromatic N) is 2. The Labute approximate surface area is 125 Å². The normalized spacial score (nSPS) is 13.8. The monoisotopic (exact) mass is 289 g/mol. The van der Waals surface area contributed by atoms with Crippen LogP contribution in [0.3, 0.4) is 0 Å². The van der Waals surface area contributed by atoms with Crippen LogP contribution in [0.4, 0.5) is 5.69 Å². The zero-order valence-electron chi connectivity index (χ0n) is 12.0. The molecular weight excluding hydrogens is 270 g/mol. The van der Waals surface area contributed by atoms with Crippen LogP contribution >= 0.6 is 11.6 Å². The number of halogens is 1. The summed E-state index contributed by atoms with van der Waals surface area (Å²) in [5.74, 6) is 0. The maximum Gasteiger partial charge on any atom is 0.0569 e. The summed E-state index contributed by atoms with van der Waals surface area (Å²) >= 11 is 5.92. The lowest BCUT2D eigenvalue weighted by atomic mass is 10.1. The predicted octanol–water partition coefficient (Wildman–Crippen LogP) is 3.95. The average molecular weight is 290 g/mol. The molecule has 0 aliphatic carbocycles. The molecule has 0 aliphatic rings. The fourth-order valence-corrected chi connectivity index (χ4v) is 2.19. The zero-order chi connectivity index (χ0) is 14.7. The van der Waals surface area contributed by atoms with Crippen molar-refractivity contribution in [2.45, 2.75) is 25.9 Å². The van der Waals surface area contributed by atoms with E-state index in [0.29, 0.717) is 0 Å². The number of anilines is 1. The van der Waals surface area contributed by atoms with Gasteiger partial charge < -0.3 is 10.6 Å². The maximum atomic E-state index is 5.92. The van der Waals surface area contributed by atoms with Gasteiger partial charge in [-0.2, -0.15) is 0 Å². The van der Waals surface area contributed by atoms with Gasteiger partial charge in [0.25, 0.3) is 0 Å².